The number of amides is 2. The SMILES string of the molecule is COc1ccc(C)cc1CCNC(=O)CNC(=O)Cc1ccccc1. The molecule has 0 fully saturated rings. The van der Waals surface area contributed by atoms with E-state index in [0.717, 1.165) is 22.4 Å². The largest absolute Gasteiger partial charge is 0.496 e. The Morgan fingerprint density at radius 1 is 1.00 bits per heavy atom. The predicted molar refractivity (Wildman–Crippen MR) is 97.6 cm³/mol. The Morgan fingerprint density at radius 3 is 2.48 bits per heavy atom. The summed E-state index contributed by atoms with van der Waals surface area (Å²) in [7, 11) is 1.63. The van der Waals surface area contributed by atoms with Gasteiger partial charge in [-0.25, -0.2) is 0 Å². The van der Waals surface area contributed by atoms with Gasteiger partial charge in [-0.3, -0.25) is 9.59 Å². The van der Waals surface area contributed by atoms with Gasteiger partial charge in [-0.15, -0.1) is 0 Å². The van der Waals surface area contributed by atoms with Gasteiger partial charge in [0.2, 0.25) is 11.8 Å². The molecule has 0 saturated heterocycles. The van der Waals surface area contributed by atoms with Crippen molar-refractivity contribution < 1.29 is 14.3 Å². The first kappa shape index (κ1) is 18.5. The van der Waals surface area contributed by atoms with E-state index >= 15 is 0 Å². The Hall–Kier alpha value is -2.82. The lowest BCUT2D eigenvalue weighted by Gasteiger charge is -2.11. The highest BCUT2D eigenvalue weighted by atomic mass is 16.5. The number of rotatable bonds is 8. The summed E-state index contributed by atoms with van der Waals surface area (Å²) in [6.07, 6.45) is 0.948. The molecule has 0 aliphatic heterocycles. The Balaban J connectivity index is 1.70. The van der Waals surface area contributed by atoms with E-state index in [1.165, 1.54) is 0 Å². The maximum Gasteiger partial charge on any atom is 0.239 e. The molecule has 0 bridgehead atoms. The van der Waals surface area contributed by atoms with Crippen LogP contribution in [0.2, 0.25) is 0 Å². The summed E-state index contributed by atoms with van der Waals surface area (Å²) in [5.41, 5.74) is 3.12. The van der Waals surface area contributed by atoms with Crippen LogP contribution in [0.15, 0.2) is 48.5 Å². The molecule has 2 rings (SSSR count). The molecule has 2 aromatic rings. The predicted octanol–water partition coefficient (Wildman–Crippen LogP) is 2.02. The van der Waals surface area contributed by atoms with Gasteiger partial charge in [0.15, 0.2) is 0 Å². The first-order valence-corrected chi connectivity index (χ1v) is 8.29. The minimum Gasteiger partial charge on any atom is -0.496 e. The maximum atomic E-state index is 11.9. The van der Waals surface area contributed by atoms with Crippen molar-refractivity contribution in [1.29, 1.82) is 0 Å². The number of benzene rings is 2. The quantitative estimate of drug-likeness (QED) is 0.773. The van der Waals surface area contributed by atoms with Crippen molar-refractivity contribution in [2.24, 2.45) is 0 Å². The average Bonchev–Trinajstić information content (AvgIpc) is 2.61. The van der Waals surface area contributed by atoms with Gasteiger partial charge in [0.05, 0.1) is 20.1 Å². The van der Waals surface area contributed by atoms with Crippen molar-refractivity contribution in [3.05, 3.63) is 65.2 Å². The minimum absolute atomic E-state index is 0.0172. The van der Waals surface area contributed by atoms with Crippen LogP contribution < -0.4 is 15.4 Å². The van der Waals surface area contributed by atoms with E-state index in [0.29, 0.717) is 13.0 Å². The highest BCUT2D eigenvalue weighted by molar-refractivity contribution is 5.85. The number of methoxy groups -OCH3 is 1. The number of aryl methyl sites for hydroxylation is 1. The molecule has 132 valence electrons. The number of ether oxygens (including phenoxy) is 1. The second-order valence-corrected chi connectivity index (χ2v) is 5.85. The van der Waals surface area contributed by atoms with Gasteiger partial charge in [-0.05, 0) is 30.5 Å². The molecule has 0 atom stereocenters. The van der Waals surface area contributed by atoms with Crippen LogP contribution in [0.25, 0.3) is 0 Å². The lowest BCUT2D eigenvalue weighted by molar-refractivity contribution is -0.125. The van der Waals surface area contributed by atoms with Crippen molar-refractivity contribution in [2.45, 2.75) is 19.8 Å². The Kier molecular flexibility index (Phi) is 7.01. The zero-order valence-corrected chi connectivity index (χ0v) is 14.7. The maximum absolute atomic E-state index is 11.9. The Labute approximate surface area is 148 Å². The van der Waals surface area contributed by atoms with E-state index in [2.05, 4.69) is 10.6 Å². The van der Waals surface area contributed by atoms with E-state index in [1.807, 2.05) is 55.5 Å². The molecular weight excluding hydrogens is 316 g/mol. The standard InChI is InChI=1S/C20H24N2O3/c1-15-8-9-18(25-2)17(12-15)10-11-21-20(24)14-22-19(23)13-16-6-4-3-5-7-16/h3-9,12H,10-11,13-14H2,1-2H3,(H,21,24)(H,22,23). The summed E-state index contributed by atoms with van der Waals surface area (Å²) in [4.78, 5) is 23.7. The average molecular weight is 340 g/mol. The van der Waals surface area contributed by atoms with Crippen LogP contribution in [0.5, 0.6) is 5.75 Å². The molecule has 0 aliphatic rings. The molecule has 0 aliphatic carbocycles. The molecule has 25 heavy (non-hydrogen) atoms. The van der Waals surface area contributed by atoms with Gasteiger partial charge in [0, 0.05) is 6.54 Å². The number of hydrogen-bond acceptors (Lipinski definition) is 3. The number of nitrogens with one attached hydrogen (secondary N) is 2. The molecule has 2 aromatic carbocycles. The van der Waals surface area contributed by atoms with E-state index in [-0.39, 0.29) is 24.8 Å². The van der Waals surface area contributed by atoms with E-state index in [4.69, 9.17) is 4.74 Å². The molecule has 0 unspecified atom stereocenters. The van der Waals surface area contributed by atoms with Crippen LogP contribution in [-0.2, 0) is 22.4 Å². The zero-order chi connectivity index (χ0) is 18.1. The van der Waals surface area contributed by atoms with Crippen molar-refractivity contribution in [2.75, 3.05) is 20.2 Å². The zero-order valence-electron chi connectivity index (χ0n) is 14.7. The normalized spacial score (nSPS) is 10.2. The third-order valence-corrected chi connectivity index (χ3v) is 3.81. The molecule has 0 radical (unpaired) electrons. The fourth-order valence-electron chi connectivity index (χ4n) is 2.52. The summed E-state index contributed by atoms with van der Waals surface area (Å²) in [5, 5.41) is 5.45. The van der Waals surface area contributed by atoms with Crippen LogP contribution in [0.4, 0.5) is 0 Å². The first-order chi connectivity index (χ1) is 12.1. The number of carbonyl (C=O) groups is 2. The second kappa shape index (κ2) is 9.47. The smallest absolute Gasteiger partial charge is 0.239 e. The topological polar surface area (TPSA) is 67.4 Å². The van der Waals surface area contributed by atoms with E-state index in [1.54, 1.807) is 7.11 Å². The summed E-state index contributed by atoms with van der Waals surface area (Å²) in [5.74, 6) is 0.450. The van der Waals surface area contributed by atoms with Crippen LogP contribution in [0, 0.1) is 6.92 Å². The highest BCUT2D eigenvalue weighted by Crippen LogP contribution is 2.19. The molecule has 0 aromatic heterocycles. The van der Waals surface area contributed by atoms with Gasteiger partial charge in [-0.1, -0.05) is 48.0 Å². The van der Waals surface area contributed by atoms with Crippen LogP contribution in [0.3, 0.4) is 0 Å². The fraction of sp³-hybridized carbons (Fsp3) is 0.300. The Morgan fingerprint density at radius 2 is 1.76 bits per heavy atom. The highest BCUT2D eigenvalue weighted by Gasteiger charge is 2.07. The number of hydrogen-bond donors (Lipinski definition) is 2. The summed E-state index contributed by atoms with van der Waals surface area (Å²) >= 11 is 0. The number of carbonyl (C=O) groups excluding carboxylic acids is 2. The van der Waals surface area contributed by atoms with Crippen molar-refractivity contribution in [3.63, 3.8) is 0 Å². The van der Waals surface area contributed by atoms with Gasteiger partial charge in [0.1, 0.15) is 5.75 Å². The van der Waals surface area contributed by atoms with Gasteiger partial charge in [0.25, 0.3) is 0 Å². The molecule has 5 nitrogen and oxygen atoms in total. The molecular formula is C20H24N2O3. The monoisotopic (exact) mass is 340 g/mol. The van der Waals surface area contributed by atoms with Gasteiger partial charge >= 0.3 is 0 Å². The van der Waals surface area contributed by atoms with Crippen molar-refractivity contribution in [3.8, 4) is 5.75 Å². The molecule has 0 spiro atoms. The third-order valence-electron chi connectivity index (χ3n) is 3.81. The van der Waals surface area contributed by atoms with Crippen LogP contribution in [-0.4, -0.2) is 32.0 Å². The van der Waals surface area contributed by atoms with Gasteiger partial charge in [-0.2, -0.15) is 0 Å². The second-order valence-electron chi connectivity index (χ2n) is 5.85. The molecule has 2 N–H and O–H groups in total. The summed E-state index contributed by atoms with van der Waals surface area (Å²) in [6.45, 7) is 2.49. The fourth-order valence-corrected chi connectivity index (χ4v) is 2.52. The van der Waals surface area contributed by atoms with E-state index in [9.17, 15) is 9.59 Å². The molecule has 2 amide bonds. The van der Waals surface area contributed by atoms with Crippen LogP contribution in [0.1, 0.15) is 16.7 Å². The minimum atomic E-state index is -0.201. The Bertz CT molecular complexity index is 714. The van der Waals surface area contributed by atoms with Crippen molar-refractivity contribution >= 4 is 11.8 Å². The molecule has 5 heteroatoms. The first-order valence-electron chi connectivity index (χ1n) is 8.29. The van der Waals surface area contributed by atoms with Crippen LogP contribution >= 0.6 is 0 Å². The third kappa shape index (κ3) is 6.30. The lowest BCUT2D eigenvalue weighted by atomic mass is 10.1. The summed E-state index contributed by atoms with van der Waals surface area (Å²) < 4.78 is 5.32. The van der Waals surface area contributed by atoms with E-state index < -0.39 is 0 Å². The van der Waals surface area contributed by atoms with Crippen molar-refractivity contribution in [1.82, 2.24) is 10.6 Å². The van der Waals surface area contributed by atoms with Gasteiger partial charge < -0.3 is 15.4 Å². The molecule has 0 saturated carbocycles. The summed E-state index contributed by atoms with van der Waals surface area (Å²) in [6, 6.07) is 15.4. The lowest BCUT2D eigenvalue weighted by Crippen LogP contribution is -2.38. The molecule has 0 heterocycles.